The van der Waals surface area contributed by atoms with Crippen LogP contribution in [-0.4, -0.2) is 44.7 Å². The molecule has 0 radical (unpaired) electrons. The number of carbonyl (C=O) groups excluding carboxylic acids is 2. The van der Waals surface area contributed by atoms with Crippen molar-refractivity contribution in [2.75, 3.05) is 11.9 Å². The number of amides is 2. The Hall–Kier alpha value is -3.24. The number of alkyl halides is 3. The first-order valence-electron chi connectivity index (χ1n) is 9.79. The standard InChI is InChI=1S/C20H20F3N5O3/c1-11-6-13(26-27-18(11)31-10-20(21,22)23)8-28-9-15-14(19(28)30)4-5-24-17(15)25-16(29)7-12-2-3-12/h4-6,12H,2-3,7-10H2,1H3,(H,24,25,29). The fourth-order valence-corrected chi connectivity index (χ4v) is 3.38. The topological polar surface area (TPSA) is 97.3 Å². The van der Waals surface area contributed by atoms with Crippen LogP contribution in [0.4, 0.5) is 19.0 Å². The molecule has 2 aromatic rings. The maximum Gasteiger partial charge on any atom is 0.422 e. The lowest BCUT2D eigenvalue weighted by atomic mass is 10.1. The number of hydrogen-bond donors (Lipinski definition) is 1. The highest BCUT2D eigenvalue weighted by Crippen LogP contribution is 2.33. The molecule has 0 aromatic carbocycles. The predicted octanol–water partition coefficient (Wildman–Crippen LogP) is 3.02. The zero-order chi connectivity index (χ0) is 22.2. The summed E-state index contributed by atoms with van der Waals surface area (Å²) in [6.45, 7) is 0.441. The van der Waals surface area contributed by atoms with E-state index in [-0.39, 0.29) is 30.8 Å². The second-order valence-corrected chi connectivity index (χ2v) is 7.77. The Labute approximate surface area is 175 Å². The summed E-state index contributed by atoms with van der Waals surface area (Å²) in [5, 5.41) is 10.4. The van der Waals surface area contributed by atoms with E-state index in [2.05, 4.69) is 25.2 Å². The minimum absolute atomic E-state index is 0.108. The molecule has 2 aliphatic rings. The molecule has 3 heterocycles. The smallest absolute Gasteiger partial charge is 0.422 e. The lowest BCUT2D eigenvalue weighted by molar-refractivity contribution is -0.154. The van der Waals surface area contributed by atoms with Gasteiger partial charge < -0.3 is 15.0 Å². The Morgan fingerprint density at radius 3 is 2.77 bits per heavy atom. The van der Waals surface area contributed by atoms with Gasteiger partial charge in [0.2, 0.25) is 11.8 Å². The van der Waals surface area contributed by atoms with Crippen LogP contribution in [0.1, 0.15) is 46.4 Å². The van der Waals surface area contributed by atoms with Gasteiger partial charge in [-0.2, -0.15) is 13.2 Å². The maximum atomic E-state index is 12.8. The number of halogens is 3. The number of aromatic nitrogens is 3. The van der Waals surface area contributed by atoms with Crippen molar-refractivity contribution in [1.29, 1.82) is 0 Å². The summed E-state index contributed by atoms with van der Waals surface area (Å²) in [4.78, 5) is 30.7. The van der Waals surface area contributed by atoms with Gasteiger partial charge in [0.15, 0.2) is 6.61 Å². The number of pyridine rings is 1. The van der Waals surface area contributed by atoms with Crippen LogP contribution in [0.15, 0.2) is 18.3 Å². The van der Waals surface area contributed by atoms with Gasteiger partial charge >= 0.3 is 6.18 Å². The molecule has 0 spiro atoms. The van der Waals surface area contributed by atoms with Gasteiger partial charge in [-0.1, -0.05) is 0 Å². The van der Waals surface area contributed by atoms with Crippen LogP contribution in [0.25, 0.3) is 0 Å². The van der Waals surface area contributed by atoms with Crippen molar-refractivity contribution in [1.82, 2.24) is 20.1 Å². The van der Waals surface area contributed by atoms with Gasteiger partial charge in [-0.15, -0.1) is 10.2 Å². The summed E-state index contributed by atoms with van der Waals surface area (Å²) in [5.74, 6) is 0.233. The summed E-state index contributed by atoms with van der Waals surface area (Å²) >= 11 is 0. The molecule has 1 N–H and O–H groups in total. The zero-order valence-electron chi connectivity index (χ0n) is 16.7. The molecule has 2 aromatic heterocycles. The Morgan fingerprint density at radius 2 is 2.10 bits per heavy atom. The fraction of sp³-hybridized carbons (Fsp3) is 0.450. The number of rotatable bonds is 7. The van der Waals surface area contributed by atoms with Crippen LogP contribution >= 0.6 is 0 Å². The van der Waals surface area contributed by atoms with Crippen LogP contribution in [0, 0.1) is 12.8 Å². The minimum Gasteiger partial charge on any atom is -0.467 e. The van der Waals surface area contributed by atoms with Crippen LogP contribution < -0.4 is 10.1 Å². The van der Waals surface area contributed by atoms with Crippen molar-refractivity contribution in [2.45, 2.75) is 45.5 Å². The van der Waals surface area contributed by atoms with Crippen LogP contribution in [0.2, 0.25) is 0 Å². The number of nitrogens with one attached hydrogen (secondary N) is 1. The summed E-state index contributed by atoms with van der Waals surface area (Å²) in [6, 6.07) is 3.13. The van der Waals surface area contributed by atoms with E-state index in [0.717, 1.165) is 12.8 Å². The molecule has 0 unspecified atom stereocenters. The molecule has 2 amide bonds. The Kier molecular flexibility index (Phi) is 5.50. The number of ether oxygens (including phenoxy) is 1. The lowest BCUT2D eigenvalue weighted by Gasteiger charge is -2.16. The third kappa shape index (κ3) is 5.09. The van der Waals surface area contributed by atoms with Crippen molar-refractivity contribution in [3.05, 3.63) is 40.7 Å². The van der Waals surface area contributed by atoms with E-state index < -0.39 is 12.8 Å². The quantitative estimate of drug-likeness (QED) is 0.718. The minimum atomic E-state index is -4.47. The first kappa shape index (κ1) is 21.0. The van der Waals surface area contributed by atoms with E-state index >= 15 is 0 Å². The molecule has 0 bridgehead atoms. The number of nitrogens with zero attached hydrogens (tertiary/aromatic N) is 4. The molecular formula is C20H20F3N5O3. The van der Waals surface area contributed by atoms with Gasteiger partial charge in [-0.05, 0) is 37.8 Å². The van der Waals surface area contributed by atoms with E-state index in [1.807, 2.05) is 0 Å². The number of aryl methyl sites for hydroxylation is 1. The SMILES string of the molecule is Cc1cc(CN2Cc3c(ccnc3NC(=O)CC3CC3)C2=O)nnc1OCC(F)(F)F. The lowest BCUT2D eigenvalue weighted by Crippen LogP contribution is -2.24. The van der Waals surface area contributed by atoms with Gasteiger partial charge in [0, 0.05) is 29.3 Å². The first-order chi connectivity index (χ1) is 14.7. The summed E-state index contributed by atoms with van der Waals surface area (Å²) < 4.78 is 41.6. The normalized spacial score (nSPS) is 15.7. The Morgan fingerprint density at radius 1 is 1.32 bits per heavy atom. The highest BCUT2D eigenvalue weighted by atomic mass is 19.4. The monoisotopic (exact) mass is 435 g/mol. The van der Waals surface area contributed by atoms with E-state index in [1.165, 1.54) is 17.2 Å². The van der Waals surface area contributed by atoms with Crippen molar-refractivity contribution in [2.24, 2.45) is 5.92 Å². The number of carbonyl (C=O) groups is 2. The molecule has 0 atom stereocenters. The zero-order valence-corrected chi connectivity index (χ0v) is 16.7. The molecule has 0 saturated heterocycles. The highest BCUT2D eigenvalue weighted by Gasteiger charge is 2.32. The summed E-state index contributed by atoms with van der Waals surface area (Å²) in [6.07, 6.45) is -0.439. The molecule has 11 heteroatoms. The number of anilines is 1. The third-order valence-corrected chi connectivity index (χ3v) is 5.07. The highest BCUT2D eigenvalue weighted by molar-refractivity contribution is 6.01. The molecule has 31 heavy (non-hydrogen) atoms. The Bertz CT molecular complexity index is 1020. The predicted molar refractivity (Wildman–Crippen MR) is 102 cm³/mol. The van der Waals surface area contributed by atoms with Crippen molar-refractivity contribution >= 4 is 17.6 Å². The second-order valence-electron chi connectivity index (χ2n) is 7.77. The maximum absolute atomic E-state index is 12.8. The van der Waals surface area contributed by atoms with Gasteiger partial charge in [0.25, 0.3) is 5.91 Å². The molecule has 1 saturated carbocycles. The number of fused-ring (bicyclic) bond motifs is 1. The van der Waals surface area contributed by atoms with Crippen LogP contribution in [0.5, 0.6) is 5.88 Å². The molecule has 8 nitrogen and oxygen atoms in total. The molecule has 164 valence electrons. The Balaban J connectivity index is 1.43. The fourth-order valence-electron chi connectivity index (χ4n) is 3.38. The molecule has 1 fully saturated rings. The molecular weight excluding hydrogens is 415 g/mol. The average molecular weight is 435 g/mol. The largest absolute Gasteiger partial charge is 0.467 e. The summed E-state index contributed by atoms with van der Waals surface area (Å²) in [5.41, 5.74) is 1.87. The van der Waals surface area contributed by atoms with Crippen molar-refractivity contribution in [3.63, 3.8) is 0 Å². The number of hydrogen-bond acceptors (Lipinski definition) is 6. The van der Waals surface area contributed by atoms with Gasteiger partial charge in [0.05, 0.1) is 18.8 Å². The van der Waals surface area contributed by atoms with Gasteiger partial charge in [-0.25, -0.2) is 4.98 Å². The molecule has 1 aliphatic heterocycles. The van der Waals surface area contributed by atoms with Crippen LogP contribution in [-0.2, 0) is 17.9 Å². The van der Waals surface area contributed by atoms with Crippen molar-refractivity contribution in [3.8, 4) is 5.88 Å². The first-order valence-corrected chi connectivity index (χ1v) is 9.79. The van der Waals surface area contributed by atoms with Gasteiger partial charge in [0.1, 0.15) is 5.82 Å². The molecule has 1 aliphatic carbocycles. The van der Waals surface area contributed by atoms with E-state index in [0.29, 0.717) is 40.5 Å². The van der Waals surface area contributed by atoms with Crippen molar-refractivity contribution < 1.29 is 27.5 Å². The van der Waals surface area contributed by atoms with E-state index in [4.69, 9.17) is 0 Å². The van der Waals surface area contributed by atoms with Gasteiger partial charge in [-0.3, -0.25) is 9.59 Å². The summed E-state index contributed by atoms with van der Waals surface area (Å²) in [7, 11) is 0. The van der Waals surface area contributed by atoms with Crippen LogP contribution in [0.3, 0.4) is 0 Å². The van der Waals surface area contributed by atoms with E-state index in [1.54, 1.807) is 13.0 Å². The average Bonchev–Trinajstić information content (AvgIpc) is 3.44. The molecule has 4 rings (SSSR count). The second kappa shape index (κ2) is 8.12. The van der Waals surface area contributed by atoms with E-state index in [9.17, 15) is 22.8 Å². The third-order valence-electron chi connectivity index (χ3n) is 5.07.